The number of allylic oxidation sites excluding steroid dienone is 1. The zero-order valence-corrected chi connectivity index (χ0v) is 29.1. The summed E-state index contributed by atoms with van der Waals surface area (Å²) in [4.78, 5) is 14.5. The van der Waals surface area contributed by atoms with Gasteiger partial charge in [0.15, 0.2) is 17.5 Å². The monoisotopic (exact) mass is 635 g/mol. The Balaban J connectivity index is 1.38. The molecule has 0 unspecified atom stereocenters. The Morgan fingerprint density at radius 3 is 1.57 bits per heavy atom. The van der Waals surface area contributed by atoms with Gasteiger partial charge in [0.2, 0.25) is 0 Å². The Hall–Kier alpha value is -4.19. The van der Waals surface area contributed by atoms with E-state index < -0.39 is 0 Å². The van der Waals surface area contributed by atoms with Crippen LogP contribution < -0.4 is 4.74 Å². The zero-order chi connectivity index (χ0) is 33.6. The molecule has 4 aromatic rings. The quantitative estimate of drug-likeness (QED) is 0.0835. The lowest BCUT2D eigenvalue weighted by atomic mass is 10.0. The predicted molar refractivity (Wildman–Crippen MR) is 194 cm³/mol. The lowest BCUT2D eigenvalue weighted by Crippen LogP contribution is -2.03. The van der Waals surface area contributed by atoms with Gasteiger partial charge in [0.25, 0.3) is 0 Å². The maximum absolute atomic E-state index is 11.1. The number of phenols is 1. The van der Waals surface area contributed by atoms with Gasteiger partial charge < -0.3 is 14.9 Å². The summed E-state index contributed by atoms with van der Waals surface area (Å²) in [5.41, 5.74) is 6.78. The molecule has 1 aromatic heterocycles. The largest absolute Gasteiger partial charge is 0.509 e. The minimum Gasteiger partial charge on any atom is -0.509 e. The number of hydrogen-bond acceptors (Lipinski definition) is 6. The van der Waals surface area contributed by atoms with Gasteiger partial charge in [-0.05, 0) is 69.9 Å². The van der Waals surface area contributed by atoms with Crippen LogP contribution in [0, 0.1) is 27.7 Å². The summed E-state index contributed by atoms with van der Waals surface area (Å²) >= 11 is 0. The van der Waals surface area contributed by atoms with Crippen LogP contribution in [0.25, 0.3) is 34.2 Å². The molecule has 47 heavy (non-hydrogen) atoms. The van der Waals surface area contributed by atoms with Crippen molar-refractivity contribution in [2.45, 2.75) is 112 Å². The summed E-state index contributed by atoms with van der Waals surface area (Å²) in [6.07, 6.45) is 17.0. The first kappa shape index (κ1) is 35.7. The van der Waals surface area contributed by atoms with Gasteiger partial charge in [0, 0.05) is 17.2 Å². The number of rotatable bonds is 18. The third-order valence-electron chi connectivity index (χ3n) is 8.67. The number of phenolic OH excluding ortho intramolecular Hbond substituents is 1. The summed E-state index contributed by atoms with van der Waals surface area (Å²) in [6, 6.07) is 17.5. The van der Waals surface area contributed by atoms with E-state index in [1.165, 1.54) is 75.3 Å². The molecule has 6 nitrogen and oxygen atoms in total. The predicted octanol–water partition coefficient (Wildman–Crippen LogP) is 11.3. The first-order chi connectivity index (χ1) is 22.7. The fourth-order valence-corrected chi connectivity index (χ4v) is 5.95. The van der Waals surface area contributed by atoms with Gasteiger partial charge in [-0.15, -0.1) is 0 Å². The van der Waals surface area contributed by atoms with Crippen LogP contribution in [-0.2, 0) is 0 Å². The Morgan fingerprint density at radius 1 is 0.617 bits per heavy atom. The lowest BCUT2D eigenvalue weighted by Gasteiger charge is -2.13. The number of aliphatic hydroxyl groups excluding tert-OH is 1. The molecule has 4 rings (SSSR count). The highest BCUT2D eigenvalue weighted by Crippen LogP contribution is 2.34. The van der Waals surface area contributed by atoms with Crippen LogP contribution in [0.3, 0.4) is 0 Å². The molecule has 0 spiro atoms. The maximum Gasteiger partial charge on any atom is 0.167 e. The number of unbranched alkanes of at least 4 members (excludes halogenated alkanes) is 11. The topological polar surface area (TPSA) is 88.4 Å². The second kappa shape index (κ2) is 18.2. The molecule has 6 heteroatoms. The summed E-state index contributed by atoms with van der Waals surface area (Å²) in [5, 5.41) is 21.5. The molecular formula is C41H53N3O3. The molecule has 0 aliphatic heterocycles. The van der Waals surface area contributed by atoms with E-state index in [9.17, 15) is 10.2 Å². The average molecular weight is 636 g/mol. The van der Waals surface area contributed by atoms with Crippen LogP contribution in [0.4, 0.5) is 0 Å². The lowest BCUT2D eigenvalue weighted by molar-refractivity contribution is 0.268. The van der Waals surface area contributed by atoms with Crippen molar-refractivity contribution in [1.29, 1.82) is 0 Å². The first-order valence-electron chi connectivity index (χ1n) is 17.5. The molecule has 0 saturated heterocycles. The van der Waals surface area contributed by atoms with Gasteiger partial charge in [-0.3, -0.25) is 0 Å². The first-order valence-corrected chi connectivity index (χ1v) is 17.5. The second-order valence-corrected chi connectivity index (χ2v) is 12.9. The van der Waals surface area contributed by atoms with Gasteiger partial charge in [-0.25, -0.2) is 15.0 Å². The van der Waals surface area contributed by atoms with Gasteiger partial charge in [0.1, 0.15) is 23.9 Å². The van der Waals surface area contributed by atoms with Crippen molar-refractivity contribution >= 4 is 0 Å². The molecule has 0 saturated carbocycles. The fraction of sp³-hybridized carbons (Fsp3) is 0.439. The molecular weight excluding hydrogens is 582 g/mol. The summed E-state index contributed by atoms with van der Waals surface area (Å²) < 4.78 is 5.81. The van der Waals surface area contributed by atoms with Gasteiger partial charge in [-0.2, -0.15) is 0 Å². The van der Waals surface area contributed by atoms with Crippen LogP contribution in [0.2, 0.25) is 0 Å². The number of hydrogen-bond donors (Lipinski definition) is 2. The molecule has 3 aromatic carbocycles. The van der Waals surface area contributed by atoms with Crippen molar-refractivity contribution in [2.75, 3.05) is 6.61 Å². The standard InChI is InChI=1S/C41H53N3O3/c1-6-7-8-9-10-11-12-13-14-15-16-17-18-33(45)28-47-34-21-24-37(38(46)27-34)41-43-39(35-22-19-29(2)25-31(35)4)42-40(44-41)36-23-20-30(3)26-32(36)5/h18-27,45-46H,6-17,28H2,1-5H3/b33-18-. The normalized spacial score (nSPS) is 11.6. The van der Waals surface area contributed by atoms with E-state index in [-0.39, 0.29) is 18.1 Å². The van der Waals surface area contributed by atoms with E-state index in [1.807, 2.05) is 44.2 Å². The third kappa shape index (κ3) is 10.9. The molecule has 1 heterocycles. The molecule has 2 N–H and O–H groups in total. The van der Waals surface area contributed by atoms with E-state index >= 15 is 0 Å². The number of aromatic hydroxyl groups is 1. The van der Waals surface area contributed by atoms with Gasteiger partial charge in [0.05, 0.1) is 5.56 Å². The van der Waals surface area contributed by atoms with Crippen molar-refractivity contribution in [3.63, 3.8) is 0 Å². The molecule has 0 bridgehead atoms. The molecule has 250 valence electrons. The Morgan fingerprint density at radius 2 is 1.09 bits per heavy atom. The molecule has 0 fully saturated rings. The molecule has 0 atom stereocenters. The zero-order valence-electron chi connectivity index (χ0n) is 29.1. The summed E-state index contributed by atoms with van der Waals surface area (Å²) in [5.74, 6) is 2.14. The second-order valence-electron chi connectivity index (χ2n) is 12.9. The minimum atomic E-state index is -0.00344. The fourth-order valence-electron chi connectivity index (χ4n) is 5.95. The third-order valence-corrected chi connectivity index (χ3v) is 8.67. The van der Waals surface area contributed by atoms with Crippen LogP contribution >= 0.6 is 0 Å². The summed E-state index contributed by atoms with van der Waals surface area (Å²) in [7, 11) is 0. The SMILES string of the molecule is CCCCCCCCCCCCC/C=C(\O)COc1ccc(-c2nc(-c3ccc(C)cc3C)nc(-c3ccc(C)cc3C)n2)c(O)c1. The number of benzene rings is 3. The van der Waals surface area contributed by atoms with E-state index in [0.29, 0.717) is 28.8 Å². The molecule has 0 radical (unpaired) electrons. The van der Waals surface area contributed by atoms with E-state index in [1.54, 1.807) is 18.2 Å². The van der Waals surface area contributed by atoms with Crippen LogP contribution in [-0.4, -0.2) is 31.8 Å². The average Bonchev–Trinajstić information content (AvgIpc) is 3.04. The Bertz CT molecular complexity index is 1560. The number of nitrogens with zero attached hydrogens (tertiary/aromatic N) is 3. The van der Waals surface area contributed by atoms with Crippen LogP contribution in [0.5, 0.6) is 11.5 Å². The molecule has 0 aliphatic rings. The van der Waals surface area contributed by atoms with E-state index in [2.05, 4.69) is 32.9 Å². The van der Waals surface area contributed by atoms with Crippen molar-refractivity contribution in [2.24, 2.45) is 0 Å². The highest BCUT2D eigenvalue weighted by molar-refractivity contribution is 5.72. The van der Waals surface area contributed by atoms with Gasteiger partial charge in [-0.1, -0.05) is 119 Å². The van der Waals surface area contributed by atoms with Crippen molar-refractivity contribution in [1.82, 2.24) is 15.0 Å². The number of aromatic nitrogens is 3. The number of aryl methyl sites for hydroxylation is 4. The summed E-state index contributed by atoms with van der Waals surface area (Å²) in [6.45, 7) is 10.5. The Labute approximate surface area is 282 Å². The molecule has 0 aliphatic carbocycles. The minimum absolute atomic E-state index is 0.00344. The van der Waals surface area contributed by atoms with E-state index in [0.717, 1.165) is 35.1 Å². The molecule has 0 amide bonds. The number of aliphatic hydroxyl groups is 1. The van der Waals surface area contributed by atoms with Crippen LogP contribution in [0.1, 0.15) is 106 Å². The van der Waals surface area contributed by atoms with E-state index in [4.69, 9.17) is 19.7 Å². The van der Waals surface area contributed by atoms with Crippen molar-refractivity contribution in [3.05, 3.63) is 88.7 Å². The maximum atomic E-state index is 11.1. The van der Waals surface area contributed by atoms with Gasteiger partial charge >= 0.3 is 0 Å². The smallest absolute Gasteiger partial charge is 0.167 e. The Kier molecular flexibility index (Phi) is 13.8. The highest BCUT2D eigenvalue weighted by atomic mass is 16.5. The van der Waals surface area contributed by atoms with Crippen LogP contribution in [0.15, 0.2) is 66.4 Å². The number of ether oxygens (including phenoxy) is 1. The van der Waals surface area contributed by atoms with Crippen molar-refractivity contribution in [3.8, 4) is 45.7 Å². The highest BCUT2D eigenvalue weighted by Gasteiger charge is 2.17. The van der Waals surface area contributed by atoms with Crippen molar-refractivity contribution < 1.29 is 14.9 Å².